The molecule has 4 heterocycles. The summed E-state index contributed by atoms with van der Waals surface area (Å²) in [6, 6.07) is 53.2. The van der Waals surface area contributed by atoms with E-state index in [1.54, 1.807) is 0 Å². The Bertz CT molecular complexity index is 2740. The summed E-state index contributed by atoms with van der Waals surface area (Å²) in [6.07, 6.45) is 0. The molecule has 46 heavy (non-hydrogen) atoms. The Morgan fingerprint density at radius 1 is 0.348 bits per heavy atom. The van der Waals surface area contributed by atoms with Crippen LogP contribution in [0.3, 0.4) is 0 Å². The molecule has 0 saturated carbocycles. The molecule has 0 unspecified atom stereocenters. The highest BCUT2D eigenvalue weighted by Gasteiger charge is 2.20. The Kier molecular flexibility index (Phi) is 5.22. The van der Waals surface area contributed by atoms with Crippen molar-refractivity contribution in [1.82, 2.24) is 23.9 Å². The van der Waals surface area contributed by atoms with Crippen LogP contribution >= 0.6 is 0 Å². The minimum Gasteiger partial charge on any atom is -0.309 e. The van der Waals surface area contributed by atoms with Crippen molar-refractivity contribution >= 4 is 59.9 Å². The van der Waals surface area contributed by atoms with E-state index in [4.69, 9.17) is 15.0 Å². The molecule has 0 radical (unpaired) electrons. The second-order valence-electron chi connectivity index (χ2n) is 11.7. The molecule has 0 aliphatic carbocycles. The van der Waals surface area contributed by atoms with Gasteiger partial charge >= 0.3 is 0 Å². The molecular formula is C41H25N5. The van der Waals surface area contributed by atoms with E-state index >= 15 is 0 Å². The Balaban J connectivity index is 1.36. The lowest BCUT2D eigenvalue weighted by Gasteiger charge is -2.13. The number of rotatable bonds is 3. The molecule has 5 nitrogen and oxygen atoms in total. The van der Waals surface area contributed by atoms with Crippen LogP contribution in [0.25, 0.3) is 88.6 Å². The summed E-state index contributed by atoms with van der Waals surface area (Å²) < 4.78 is 4.61. The normalized spacial score (nSPS) is 11.9. The van der Waals surface area contributed by atoms with Crippen LogP contribution in [0.1, 0.15) is 0 Å². The minimum absolute atomic E-state index is 0.595. The zero-order valence-electron chi connectivity index (χ0n) is 24.7. The molecule has 0 aliphatic rings. The van der Waals surface area contributed by atoms with Crippen molar-refractivity contribution in [2.45, 2.75) is 0 Å². The van der Waals surface area contributed by atoms with Gasteiger partial charge in [-0.25, -0.2) is 4.98 Å². The molecule has 0 amide bonds. The average Bonchev–Trinajstić information content (AvgIpc) is 3.68. The van der Waals surface area contributed by atoms with Gasteiger partial charge in [0.25, 0.3) is 0 Å². The predicted octanol–water partition coefficient (Wildman–Crippen LogP) is 10.0. The van der Waals surface area contributed by atoms with E-state index in [-0.39, 0.29) is 0 Å². The van der Waals surface area contributed by atoms with Gasteiger partial charge in [-0.15, -0.1) is 0 Å². The fourth-order valence-corrected chi connectivity index (χ4v) is 7.07. The lowest BCUT2D eigenvalue weighted by Crippen LogP contribution is -2.06. The maximum absolute atomic E-state index is 5.13. The predicted molar refractivity (Wildman–Crippen MR) is 189 cm³/mol. The number of aromatic nitrogens is 5. The lowest BCUT2D eigenvalue weighted by atomic mass is 10.0. The molecule has 5 heteroatoms. The number of hydrogen-bond donors (Lipinski definition) is 0. The Labute approximate surface area is 263 Å². The number of pyridine rings is 1. The molecule has 0 aliphatic heterocycles. The van der Waals surface area contributed by atoms with Crippen LogP contribution in [0.4, 0.5) is 0 Å². The van der Waals surface area contributed by atoms with Crippen molar-refractivity contribution in [1.29, 1.82) is 0 Å². The van der Waals surface area contributed by atoms with Gasteiger partial charge in [-0.1, -0.05) is 115 Å². The molecule has 0 spiro atoms. The highest BCUT2D eigenvalue weighted by atomic mass is 15.2. The maximum atomic E-state index is 5.13. The first-order valence-electron chi connectivity index (χ1n) is 15.5. The Morgan fingerprint density at radius 2 is 0.891 bits per heavy atom. The number of benzene rings is 6. The molecule has 0 bridgehead atoms. The van der Waals surface area contributed by atoms with Crippen LogP contribution in [-0.2, 0) is 0 Å². The van der Waals surface area contributed by atoms with Gasteiger partial charge in [-0.3, -0.25) is 4.57 Å². The van der Waals surface area contributed by atoms with Gasteiger partial charge in [0.05, 0.1) is 27.6 Å². The number of fused-ring (bicyclic) bond motifs is 11. The van der Waals surface area contributed by atoms with Crippen LogP contribution in [0.15, 0.2) is 152 Å². The molecule has 10 aromatic rings. The molecule has 0 fully saturated rings. The largest absolute Gasteiger partial charge is 0.309 e. The second kappa shape index (κ2) is 9.58. The highest BCUT2D eigenvalue weighted by molar-refractivity contribution is 6.22. The minimum atomic E-state index is 0.595. The van der Waals surface area contributed by atoms with E-state index < -0.39 is 0 Å². The topological polar surface area (TPSA) is 48.0 Å². The van der Waals surface area contributed by atoms with E-state index in [1.165, 1.54) is 38.1 Å². The standard InChI is InChI=1S/C41H25N5/c1-3-13-26(14-4-1)39-42-40(27-15-5-2-6-16-27)44-41(43-39)46-36-22-12-9-19-30(36)32-24-33-31(25-38(32)46)29-18-8-11-21-35(29)45-34-20-10-7-17-28(34)23-37(33)45/h1-25H. The SMILES string of the molecule is c1ccc(-c2nc(-c3ccccc3)nc(-n3c4ccccc4c4cc5c(cc43)c3ccccc3n3c4ccccc4cc53)n2)cc1. The van der Waals surface area contributed by atoms with Crippen molar-refractivity contribution in [2.24, 2.45) is 0 Å². The summed E-state index contributed by atoms with van der Waals surface area (Å²) >= 11 is 0. The quantitative estimate of drug-likeness (QED) is 0.193. The molecule has 6 aromatic carbocycles. The van der Waals surface area contributed by atoms with E-state index in [0.29, 0.717) is 17.6 Å². The number of para-hydroxylation sites is 3. The summed E-state index contributed by atoms with van der Waals surface area (Å²) in [5.41, 5.74) is 7.61. The number of hydrogen-bond acceptors (Lipinski definition) is 3. The zero-order valence-corrected chi connectivity index (χ0v) is 24.7. The monoisotopic (exact) mass is 587 g/mol. The molecule has 0 N–H and O–H groups in total. The Hall–Kier alpha value is -6.33. The van der Waals surface area contributed by atoms with Gasteiger partial charge in [0.2, 0.25) is 5.95 Å². The first-order valence-corrected chi connectivity index (χ1v) is 15.5. The van der Waals surface area contributed by atoms with E-state index in [9.17, 15) is 0 Å². The maximum Gasteiger partial charge on any atom is 0.238 e. The summed E-state index contributed by atoms with van der Waals surface area (Å²) in [5, 5.41) is 7.17. The third-order valence-corrected chi connectivity index (χ3v) is 9.12. The van der Waals surface area contributed by atoms with Gasteiger partial charge in [0.15, 0.2) is 11.6 Å². The smallest absolute Gasteiger partial charge is 0.238 e. The van der Waals surface area contributed by atoms with Crippen molar-refractivity contribution < 1.29 is 0 Å². The fourth-order valence-electron chi connectivity index (χ4n) is 7.07. The van der Waals surface area contributed by atoms with Gasteiger partial charge in [-0.05, 0) is 41.8 Å². The van der Waals surface area contributed by atoms with Gasteiger partial charge < -0.3 is 4.40 Å². The van der Waals surface area contributed by atoms with Crippen LogP contribution in [0.5, 0.6) is 0 Å². The summed E-state index contributed by atoms with van der Waals surface area (Å²) in [5.74, 6) is 1.88. The highest BCUT2D eigenvalue weighted by Crippen LogP contribution is 2.40. The molecule has 4 aromatic heterocycles. The first-order chi connectivity index (χ1) is 22.8. The van der Waals surface area contributed by atoms with E-state index in [2.05, 4.69) is 100.0 Å². The van der Waals surface area contributed by atoms with Gasteiger partial charge in [0, 0.05) is 38.1 Å². The third kappa shape index (κ3) is 3.60. The van der Waals surface area contributed by atoms with Gasteiger partial charge in [-0.2, -0.15) is 9.97 Å². The summed E-state index contributed by atoms with van der Waals surface area (Å²) in [7, 11) is 0. The van der Waals surface area contributed by atoms with Crippen molar-refractivity contribution in [3.8, 4) is 28.7 Å². The Morgan fingerprint density at radius 3 is 1.59 bits per heavy atom. The van der Waals surface area contributed by atoms with Crippen LogP contribution in [0.2, 0.25) is 0 Å². The molecule has 0 saturated heterocycles. The molecule has 0 atom stereocenters. The zero-order chi connectivity index (χ0) is 30.2. The van der Waals surface area contributed by atoms with Crippen LogP contribution in [-0.4, -0.2) is 23.9 Å². The average molecular weight is 588 g/mol. The van der Waals surface area contributed by atoms with Crippen molar-refractivity contribution in [3.05, 3.63) is 152 Å². The van der Waals surface area contributed by atoms with Crippen LogP contribution < -0.4 is 0 Å². The summed E-state index contributed by atoms with van der Waals surface area (Å²) in [4.78, 5) is 15.2. The van der Waals surface area contributed by atoms with Gasteiger partial charge in [0.1, 0.15) is 0 Å². The van der Waals surface area contributed by atoms with E-state index in [1.807, 2.05) is 60.7 Å². The van der Waals surface area contributed by atoms with Crippen molar-refractivity contribution in [3.63, 3.8) is 0 Å². The fraction of sp³-hybridized carbons (Fsp3) is 0. The first kappa shape index (κ1) is 25.0. The van der Waals surface area contributed by atoms with Crippen LogP contribution in [0, 0.1) is 0 Å². The van der Waals surface area contributed by atoms with Crippen molar-refractivity contribution in [2.75, 3.05) is 0 Å². The second-order valence-corrected chi connectivity index (χ2v) is 11.7. The lowest BCUT2D eigenvalue weighted by molar-refractivity contribution is 0.954. The van der Waals surface area contributed by atoms with E-state index in [0.717, 1.165) is 32.9 Å². The number of nitrogens with zero attached hydrogens (tertiary/aromatic N) is 5. The molecule has 214 valence electrons. The third-order valence-electron chi connectivity index (χ3n) is 9.12. The molecular weight excluding hydrogens is 562 g/mol. The summed E-state index contributed by atoms with van der Waals surface area (Å²) in [6.45, 7) is 0. The molecule has 10 rings (SSSR count).